The zero-order valence-corrected chi connectivity index (χ0v) is 11.9. The lowest BCUT2D eigenvalue weighted by Gasteiger charge is -2.16. The summed E-state index contributed by atoms with van der Waals surface area (Å²) in [5.74, 6) is 0.282. The molecule has 0 aliphatic heterocycles. The fourth-order valence-corrected chi connectivity index (χ4v) is 2.53. The summed E-state index contributed by atoms with van der Waals surface area (Å²) < 4.78 is 2.03. The molecule has 1 heterocycles. The number of aryl methyl sites for hydroxylation is 2. The Labute approximate surface area is 114 Å². The van der Waals surface area contributed by atoms with Gasteiger partial charge in [-0.15, -0.1) is 0 Å². The van der Waals surface area contributed by atoms with E-state index in [1.54, 1.807) is 12.1 Å². The first-order valence-electron chi connectivity index (χ1n) is 6.62. The Bertz CT molecular complexity index is 558. The van der Waals surface area contributed by atoms with E-state index in [1.807, 2.05) is 23.7 Å². The second-order valence-electron chi connectivity index (χ2n) is 4.81. The number of benzene rings is 1. The number of hydrogen-bond acceptors (Lipinski definition) is 3. The molecule has 2 rings (SSSR count). The molecule has 0 radical (unpaired) electrons. The van der Waals surface area contributed by atoms with Crippen molar-refractivity contribution in [1.82, 2.24) is 9.78 Å². The number of nitrogens with one attached hydrogen (secondary N) is 1. The summed E-state index contributed by atoms with van der Waals surface area (Å²) in [7, 11) is 0. The fourth-order valence-electron chi connectivity index (χ4n) is 2.53. The van der Waals surface area contributed by atoms with E-state index in [1.165, 1.54) is 11.3 Å². The van der Waals surface area contributed by atoms with Gasteiger partial charge in [0.2, 0.25) is 0 Å². The second-order valence-corrected chi connectivity index (χ2v) is 4.81. The van der Waals surface area contributed by atoms with Crippen LogP contribution in [0.4, 0.5) is 5.69 Å². The van der Waals surface area contributed by atoms with Gasteiger partial charge in [0.1, 0.15) is 5.75 Å². The van der Waals surface area contributed by atoms with Gasteiger partial charge >= 0.3 is 0 Å². The van der Waals surface area contributed by atoms with Gasteiger partial charge in [0.05, 0.1) is 11.7 Å². The van der Waals surface area contributed by atoms with Crippen molar-refractivity contribution in [3.8, 4) is 5.75 Å². The van der Waals surface area contributed by atoms with Crippen LogP contribution in [0.25, 0.3) is 0 Å². The van der Waals surface area contributed by atoms with E-state index in [2.05, 4.69) is 31.2 Å². The lowest BCUT2D eigenvalue weighted by Crippen LogP contribution is -2.09. The van der Waals surface area contributed by atoms with Gasteiger partial charge in [-0.2, -0.15) is 5.10 Å². The number of anilines is 1. The normalized spacial score (nSPS) is 12.4. The van der Waals surface area contributed by atoms with Gasteiger partial charge in [-0.3, -0.25) is 4.68 Å². The molecule has 0 aliphatic rings. The van der Waals surface area contributed by atoms with E-state index in [4.69, 9.17) is 0 Å². The number of phenolic OH excluding ortho intramolecular Hbond substituents is 1. The minimum atomic E-state index is 0.185. The van der Waals surface area contributed by atoms with Crippen LogP contribution in [-0.4, -0.2) is 14.9 Å². The molecule has 1 aromatic carbocycles. The summed E-state index contributed by atoms with van der Waals surface area (Å²) in [5, 5.41) is 17.3. The van der Waals surface area contributed by atoms with Gasteiger partial charge < -0.3 is 10.4 Å². The number of rotatable bonds is 4. The highest BCUT2D eigenvalue weighted by Gasteiger charge is 2.16. The standard InChI is InChI=1S/C15H21N3O/c1-5-18-12(4)15(11(3)17-18)10(2)16-13-6-8-14(19)9-7-13/h6-10,16,19H,5H2,1-4H3. The van der Waals surface area contributed by atoms with E-state index in [9.17, 15) is 5.11 Å². The molecule has 0 bridgehead atoms. The highest BCUT2D eigenvalue weighted by molar-refractivity contribution is 5.48. The monoisotopic (exact) mass is 259 g/mol. The van der Waals surface area contributed by atoms with Gasteiger partial charge in [-0.1, -0.05) is 0 Å². The zero-order chi connectivity index (χ0) is 14.0. The van der Waals surface area contributed by atoms with Crippen molar-refractivity contribution < 1.29 is 5.11 Å². The molecule has 0 aliphatic carbocycles. The molecule has 0 saturated carbocycles. The van der Waals surface area contributed by atoms with Crippen LogP contribution in [0.3, 0.4) is 0 Å². The molecule has 1 unspecified atom stereocenters. The Kier molecular flexibility index (Phi) is 3.79. The molecule has 0 fully saturated rings. The lowest BCUT2D eigenvalue weighted by molar-refractivity contribution is 0.475. The number of aromatic nitrogens is 2. The van der Waals surface area contributed by atoms with Crippen molar-refractivity contribution >= 4 is 5.69 Å². The van der Waals surface area contributed by atoms with Gasteiger partial charge in [-0.25, -0.2) is 0 Å². The van der Waals surface area contributed by atoms with Crippen molar-refractivity contribution in [3.63, 3.8) is 0 Å². The molecule has 102 valence electrons. The molecule has 2 aromatic rings. The van der Waals surface area contributed by atoms with E-state index < -0.39 is 0 Å². The van der Waals surface area contributed by atoms with Gasteiger partial charge in [0.25, 0.3) is 0 Å². The topological polar surface area (TPSA) is 50.1 Å². The minimum Gasteiger partial charge on any atom is -0.508 e. The van der Waals surface area contributed by atoms with Crippen LogP contribution < -0.4 is 5.32 Å². The third-order valence-corrected chi connectivity index (χ3v) is 3.42. The maximum atomic E-state index is 9.29. The number of aromatic hydroxyl groups is 1. The summed E-state index contributed by atoms with van der Waals surface area (Å²) >= 11 is 0. The smallest absolute Gasteiger partial charge is 0.115 e. The predicted molar refractivity (Wildman–Crippen MR) is 77.5 cm³/mol. The quantitative estimate of drug-likeness (QED) is 0.827. The molecular formula is C15H21N3O. The molecule has 2 N–H and O–H groups in total. The highest BCUT2D eigenvalue weighted by Crippen LogP contribution is 2.25. The molecule has 1 aromatic heterocycles. The van der Waals surface area contributed by atoms with Gasteiger partial charge in [0.15, 0.2) is 0 Å². The third kappa shape index (κ3) is 2.72. The Morgan fingerprint density at radius 2 is 1.89 bits per heavy atom. The van der Waals surface area contributed by atoms with Crippen LogP contribution in [0.2, 0.25) is 0 Å². The first kappa shape index (κ1) is 13.5. The molecule has 4 heteroatoms. The maximum absolute atomic E-state index is 9.29. The minimum absolute atomic E-state index is 0.185. The average molecular weight is 259 g/mol. The summed E-state index contributed by atoms with van der Waals surface area (Å²) in [6.45, 7) is 9.26. The van der Waals surface area contributed by atoms with Crippen molar-refractivity contribution in [2.45, 2.75) is 40.3 Å². The molecule has 0 spiro atoms. The third-order valence-electron chi connectivity index (χ3n) is 3.42. The van der Waals surface area contributed by atoms with Crippen LogP contribution >= 0.6 is 0 Å². The SMILES string of the molecule is CCn1nc(C)c(C(C)Nc2ccc(O)cc2)c1C. The molecular weight excluding hydrogens is 238 g/mol. The largest absolute Gasteiger partial charge is 0.508 e. The maximum Gasteiger partial charge on any atom is 0.115 e. The summed E-state index contributed by atoms with van der Waals surface area (Å²) in [6.07, 6.45) is 0. The molecule has 0 saturated heterocycles. The van der Waals surface area contributed by atoms with Crippen molar-refractivity contribution in [1.29, 1.82) is 0 Å². The Balaban J connectivity index is 2.22. The number of nitrogens with zero attached hydrogens (tertiary/aromatic N) is 2. The zero-order valence-electron chi connectivity index (χ0n) is 11.9. The van der Waals surface area contributed by atoms with E-state index in [0.29, 0.717) is 0 Å². The van der Waals surface area contributed by atoms with Gasteiger partial charge in [0, 0.05) is 23.5 Å². The molecule has 19 heavy (non-hydrogen) atoms. The van der Waals surface area contributed by atoms with Crippen LogP contribution in [-0.2, 0) is 6.54 Å². The molecule has 1 atom stereocenters. The van der Waals surface area contributed by atoms with Crippen LogP contribution in [0, 0.1) is 13.8 Å². The lowest BCUT2D eigenvalue weighted by atomic mass is 10.1. The Hall–Kier alpha value is -1.97. The predicted octanol–water partition coefficient (Wildman–Crippen LogP) is 3.40. The number of hydrogen-bond donors (Lipinski definition) is 2. The second kappa shape index (κ2) is 5.34. The Morgan fingerprint density at radius 3 is 2.42 bits per heavy atom. The first-order chi connectivity index (χ1) is 9.02. The van der Waals surface area contributed by atoms with Crippen LogP contribution in [0.15, 0.2) is 24.3 Å². The van der Waals surface area contributed by atoms with Crippen molar-refractivity contribution in [3.05, 3.63) is 41.2 Å². The average Bonchev–Trinajstić information content (AvgIpc) is 2.67. The van der Waals surface area contributed by atoms with Crippen molar-refractivity contribution in [2.75, 3.05) is 5.32 Å². The van der Waals surface area contributed by atoms with Crippen molar-refractivity contribution in [2.24, 2.45) is 0 Å². The summed E-state index contributed by atoms with van der Waals surface area (Å²) in [6, 6.07) is 7.31. The summed E-state index contributed by atoms with van der Waals surface area (Å²) in [5.41, 5.74) is 4.51. The van der Waals surface area contributed by atoms with Crippen LogP contribution in [0.5, 0.6) is 5.75 Å². The summed E-state index contributed by atoms with van der Waals surface area (Å²) in [4.78, 5) is 0. The van der Waals surface area contributed by atoms with E-state index in [0.717, 1.165) is 17.9 Å². The van der Waals surface area contributed by atoms with Crippen LogP contribution in [0.1, 0.15) is 36.8 Å². The van der Waals surface area contributed by atoms with E-state index >= 15 is 0 Å². The van der Waals surface area contributed by atoms with Gasteiger partial charge in [-0.05, 0) is 52.0 Å². The highest BCUT2D eigenvalue weighted by atomic mass is 16.3. The molecule has 4 nitrogen and oxygen atoms in total. The first-order valence-corrected chi connectivity index (χ1v) is 6.62. The van der Waals surface area contributed by atoms with E-state index in [-0.39, 0.29) is 11.8 Å². The Morgan fingerprint density at radius 1 is 1.26 bits per heavy atom. The fraction of sp³-hybridized carbons (Fsp3) is 0.400. The number of phenols is 1. The molecule has 0 amide bonds.